The Labute approximate surface area is 137 Å². The fraction of sp³-hybridized carbons (Fsp3) is 0.200. The van der Waals surface area contributed by atoms with Crippen LogP contribution >= 0.6 is 11.6 Å². The highest BCUT2D eigenvalue weighted by molar-refractivity contribution is 6.31. The van der Waals surface area contributed by atoms with E-state index in [0.29, 0.717) is 10.7 Å². The standard InChI is InChI=1S/C15H14ClN5O2/c16-11-5-9(1-2-10(11)7-21-3-4-21)12-6-13(19-8-18-12)14(17)20-15(22)23/h1-2,5-6,8H,3-4,7H2,(H2,17,20)(H,22,23). The minimum absolute atomic E-state index is 0.176. The van der Waals surface area contributed by atoms with Crippen molar-refractivity contribution in [1.82, 2.24) is 14.9 Å². The monoisotopic (exact) mass is 331 g/mol. The van der Waals surface area contributed by atoms with Crippen molar-refractivity contribution < 1.29 is 9.90 Å². The van der Waals surface area contributed by atoms with E-state index in [4.69, 9.17) is 22.4 Å². The zero-order valence-corrected chi connectivity index (χ0v) is 12.9. The van der Waals surface area contributed by atoms with Crippen molar-refractivity contribution >= 4 is 23.5 Å². The zero-order chi connectivity index (χ0) is 16.4. The summed E-state index contributed by atoms with van der Waals surface area (Å²) in [5.74, 6) is -0.176. The fourth-order valence-corrected chi connectivity index (χ4v) is 2.36. The molecule has 1 amide bonds. The summed E-state index contributed by atoms with van der Waals surface area (Å²) < 4.78 is 0. The molecule has 118 valence electrons. The van der Waals surface area contributed by atoms with Gasteiger partial charge in [0.25, 0.3) is 0 Å². The number of rotatable bonds is 4. The molecule has 1 aromatic carbocycles. The molecule has 0 saturated carbocycles. The average molecular weight is 332 g/mol. The fourth-order valence-electron chi connectivity index (χ4n) is 2.12. The van der Waals surface area contributed by atoms with Gasteiger partial charge in [0.15, 0.2) is 5.84 Å². The topological polar surface area (TPSA) is 104 Å². The lowest BCUT2D eigenvalue weighted by molar-refractivity contribution is 0.205. The number of aromatic nitrogens is 2. The second-order valence-electron chi connectivity index (χ2n) is 5.15. The summed E-state index contributed by atoms with van der Waals surface area (Å²) in [5.41, 5.74) is 8.32. The lowest BCUT2D eigenvalue weighted by Crippen LogP contribution is -2.17. The third-order valence-electron chi connectivity index (χ3n) is 3.43. The van der Waals surface area contributed by atoms with Gasteiger partial charge in [-0.15, -0.1) is 0 Å². The van der Waals surface area contributed by atoms with Gasteiger partial charge in [-0.05, 0) is 17.7 Å². The van der Waals surface area contributed by atoms with Crippen LogP contribution in [0.4, 0.5) is 4.79 Å². The lowest BCUT2D eigenvalue weighted by atomic mass is 10.1. The molecule has 3 rings (SSSR count). The Morgan fingerprint density at radius 2 is 2.13 bits per heavy atom. The van der Waals surface area contributed by atoms with Crippen LogP contribution in [-0.4, -0.2) is 45.0 Å². The number of hydrogen-bond donors (Lipinski definition) is 2. The smallest absolute Gasteiger partial charge is 0.433 e. The summed E-state index contributed by atoms with van der Waals surface area (Å²) in [7, 11) is 0. The van der Waals surface area contributed by atoms with Gasteiger partial charge in [-0.3, -0.25) is 4.90 Å². The van der Waals surface area contributed by atoms with Crippen LogP contribution < -0.4 is 5.73 Å². The lowest BCUT2D eigenvalue weighted by Gasteiger charge is -2.08. The summed E-state index contributed by atoms with van der Waals surface area (Å²) in [6.07, 6.45) is -0.0581. The summed E-state index contributed by atoms with van der Waals surface area (Å²) in [6.45, 7) is 3.05. The average Bonchev–Trinajstić information content (AvgIpc) is 3.33. The van der Waals surface area contributed by atoms with E-state index in [2.05, 4.69) is 19.9 Å². The Morgan fingerprint density at radius 1 is 1.35 bits per heavy atom. The molecule has 1 fully saturated rings. The van der Waals surface area contributed by atoms with Gasteiger partial charge >= 0.3 is 6.09 Å². The number of carbonyl (C=O) groups is 1. The minimum atomic E-state index is -1.37. The van der Waals surface area contributed by atoms with Crippen LogP contribution in [0.25, 0.3) is 11.3 Å². The highest BCUT2D eigenvalue weighted by Gasteiger charge is 2.18. The Balaban J connectivity index is 1.89. The van der Waals surface area contributed by atoms with Crippen LogP contribution in [-0.2, 0) is 6.54 Å². The summed E-state index contributed by atoms with van der Waals surface area (Å²) in [6, 6.07) is 7.29. The number of amides is 1. The van der Waals surface area contributed by atoms with E-state index in [9.17, 15) is 4.79 Å². The Kier molecular flexibility index (Phi) is 4.22. The molecule has 0 atom stereocenters. The SMILES string of the molecule is NC(=NC(=O)O)c1cc(-c2ccc(CN3CC3)c(Cl)c2)ncn1. The van der Waals surface area contributed by atoms with E-state index in [1.54, 1.807) is 6.07 Å². The number of amidine groups is 1. The molecular formula is C15H14ClN5O2. The molecule has 3 N–H and O–H groups in total. The highest BCUT2D eigenvalue weighted by Crippen LogP contribution is 2.26. The molecule has 1 aliphatic heterocycles. The van der Waals surface area contributed by atoms with E-state index < -0.39 is 6.09 Å². The highest BCUT2D eigenvalue weighted by atomic mass is 35.5. The van der Waals surface area contributed by atoms with Gasteiger partial charge in [-0.2, -0.15) is 4.99 Å². The van der Waals surface area contributed by atoms with Crippen LogP contribution in [0.1, 0.15) is 11.3 Å². The molecule has 2 aromatic rings. The van der Waals surface area contributed by atoms with Crippen LogP contribution in [0.5, 0.6) is 0 Å². The van der Waals surface area contributed by atoms with Gasteiger partial charge in [-0.1, -0.05) is 23.7 Å². The molecule has 23 heavy (non-hydrogen) atoms. The van der Waals surface area contributed by atoms with Crippen LogP contribution in [0, 0.1) is 0 Å². The number of halogens is 1. The first kappa shape index (κ1) is 15.4. The summed E-state index contributed by atoms with van der Waals surface area (Å²) >= 11 is 6.33. The van der Waals surface area contributed by atoms with Crippen LogP contribution in [0.3, 0.4) is 0 Å². The molecule has 8 heteroatoms. The number of carboxylic acid groups (broad SMARTS) is 1. The Hall–Kier alpha value is -2.51. The molecule has 7 nitrogen and oxygen atoms in total. The Bertz CT molecular complexity index is 789. The minimum Gasteiger partial charge on any atom is -0.463 e. The van der Waals surface area contributed by atoms with Crippen molar-refractivity contribution in [2.75, 3.05) is 13.1 Å². The van der Waals surface area contributed by atoms with E-state index in [1.165, 1.54) is 6.33 Å². The van der Waals surface area contributed by atoms with E-state index in [1.807, 2.05) is 18.2 Å². The predicted octanol–water partition coefficient (Wildman–Crippen LogP) is 2.00. The molecule has 0 radical (unpaired) electrons. The molecular weight excluding hydrogens is 318 g/mol. The molecule has 0 spiro atoms. The molecule has 2 heterocycles. The number of benzene rings is 1. The number of hydrogen-bond acceptors (Lipinski definition) is 4. The third-order valence-corrected chi connectivity index (χ3v) is 3.78. The summed E-state index contributed by atoms with van der Waals surface area (Å²) in [5, 5.41) is 9.31. The van der Waals surface area contributed by atoms with Gasteiger partial charge in [0, 0.05) is 30.2 Å². The summed E-state index contributed by atoms with van der Waals surface area (Å²) in [4.78, 5) is 24.2. The van der Waals surface area contributed by atoms with E-state index in [0.717, 1.165) is 30.8 Å². The number of nitrogens with two attached hydrogens (primary N) is 1. The van der Waals surface area contributed by atoms with Crippen LogP contribution in [0.15, 0.2) is 35.6 Å². The van der Waals surface area contributed by atoms with Gasteiger partial charge in [0.1, 0.15) is 12.0 Å². The second kappa shape index (κ2) is 6.31. The van der Waals surface area contributed by atoms with Gasteiger partial charge < -0.3 is 10.8 Å². The first-order valence-corrected chi connectivity index (χ1v) is 7.31. The molecule has 1 aromatic heterocycles. The number of aliphatic imine (C=N–C) groups is 1. The number of nitrogens with zero attached hydrogens (tertiary/aromatic N) is 4. The normalized spacial score (nSPS) is 14.7. The molecule has 0 bridgehead atoms. The van der Waals surface area contributed by atoms with Crippen molar-refractivity contribution in [1.29, 1.82) is 0 Å². The maximum atomic E-state index is 10.6. The van der Waals surface area contributed by atoms with Crippen molar-refractivity contribution in [3.05, 3.63) is 46.9 Å². The molecule has 0 unspecified atom stereocenters. The first-order chi connectivity index (χ1) is 11.0. The zero-order valence-electron chi connectivity index (χ0n) is 12.1. The van der Waals surface area contributed by atoms with E-state index in [-0.39, 0.29) is 11.5 Å². The van der Waals surface area contributed by atoms with Gasteiger partial charge in [-0.25, -0.2) is 14.8 Å². The third kappa shape index (κ3) is 3.82. The van der Waals surface area contributed by atoms with Gasteiger partial charge in [0.2, 0.25) is 0 Å². The van der Waals surface area contributed by atoms with Gasteiger partial charge in [0.05, 0.1) is 5.69 Å². The first-order valence-electron chi connectivity index (χ1n) is 6.93. The van der Waals surface area contributed by atoms with Crippen molar-refractivity contribution in [3.63, 3.8) is 0 Å². The van der Waals surface area contributed by atoms with E-state index >= 15 is 0 Å². The molecule has 0 aliphatic carbocycles. The second-order valence-corrected chi connectivity index (χ2v) is 5.56. The maximum Gasteiger partial charge on any atom is 0.433 e. The molecule has 1 aliphatic rings. The Morgan fingerprint density at radius 3 is 2.78 bits per heavy atom. The van der Waals surface area contributed by atoms with Crippen molar-refractivity contribution in [2.24, 2.45) is 10.7 Å². The maximum absolute atomic E-state index is 10.6. The van der Waals surface area contributed by atoms with Crippen molar-refractivity contribution in [3.8, 4) is 11.3 Å². The molecule has 1 saturated heterocycles. The quantitative estimate of drug-likeness (QED) is 0.504. The predicted molar refractivity (Wildman–Crippen MR) is 86.5 cm³/mol. The largest absolute Gasteiger partial charge is 0.463 e. The van der Waals surface area contributed by atoms with Crippen LogP contribution in [0.2, 0.25) is 5.02 Å². The van der Waals surface area contributed by atoms with Crippen molar-refractivity contribution in [2.45, 2.75) is 6.54 Å².